The van der Waals surface area contributed by atoms with Gasteiger partial charge in [0.05, 0.1) is 23.6 Å². The zero-order valence-electron chi connectivity index (χ0n) is 16.2. The minimum absolute atomic E-state index is 0.618. The number of aromatic nitrogens is 4. The molecule has 4 rings (SSSR count). The van der Waals surface area contributed by atoms with E-state index in [0.717, 1.165) is 39.3 Å². The number of benzene rings is 1. The molecule has 8 heteroatoms. The van der Waals surface area contributed by atoms with Crippen molar-refractivity contribution in [1.29, 1.82) is 0 Å². The number of hydrogen-bond donors (Lipinski definition) is 2. The van der Waals surface area contributed by atoms with Gasteiger partial charge in [0.2, 0.25) is 0 Å². The molecule has 144 valence electrons. The lowest BCUT2D eigenvalue weighted by atomic mass is 10.1. The van der Waals surface area contributed by atoms with Gasteiger partial charge in [-0.1, -0.05) is 18.2 Å². The highest BCUT2D eigenvalue weighted by Crippen LogP contribution is 2.17. The second-order valence-electron chi connectivity index (χ2n) is 6.57. The molecule has 0 amide bonds. The first-order valence-electron chi connectivity index (χ1n) is 9.11. The standard InChI is InChI=1S/C20H23N7S/c1-14-10-15(2)27(25-14)18-7-5-4-6-16(18)11-22-19(21-3)23-12-17-13-26-8-9-28-20(26)24-17/h4-10,13H,11-12H2,1-3H3,(H2,21,22,23). The molecular formula is C20H23N7S. The van der Waals surface area contributed by atoms with Gasteiger partial charge in [-0.05, 0) is 31.5 Å². The van der Waals surface area contributed by atoms with E-state index < -0.39 is 0 Å². The molecule has 0 aliphatic carbocycles. The number of aryl methyl sites for hydroxylation is 2. The molecule has 2 N–H and O–H groups in total. The summed E-state index contributed by atoms with van der Waals surface area (Å²) in [6, 6.07) is 10.4. The first kappa shape index (κ1) is 18.2. The van der Waals surface area contributed by atoms with Gasteiger partial charge in [0, 0.05) is 37.1 Å². The van der Waals surface area contributed by atoms with Gasteiger partial charge < -0.3 is 10.6 Å². The van der Waals surface area contributed by atoms with Crippen molar-refractivity contribution in [2.45, 2.75) is 26.9 Å². The highest BCUT2D eigenvalue weighted by Gasteiger charge is 2.09. The van der Waals surface area contributed by atoms with Crippen LogP contribution in [0.25, 0.3) is 10.6 Å². The second-order valence-corrected chi connectivity index (χ2v) is 7.45. The van der Waals surface area contributed by atoms with Crippen LogP contribution < -0.4 is 10.6 Å². The molecule has 0 saturated heterocycles. The summed E-state index contributed by atoms with van der Waals surface area (Å²) in [6.07, 6.45) is 4.05. The van der Waals surface area contributed by atoms with E-state index in [1.807, 2.05) is 45.9 Å². The summed E-state index contributed by atoms with van der Waals surface area (Å²) in [4.78, 5) is 9.91. The van der Waals surface area contributed by atoms with Gasteiger partial charge in [0.25, 0.3) is 0 Å². The van der Waals surface area contributed by atoms with E-state index in [1.165, 1.54) is 0 Å². The third kappa shape index (κ3) is 3.77. The number of fused-ring (bicyclic) bond motifs is 1. The number of rotatable bonds is 5. The Morgan fingerprint density at radius 1 is 1.18 bits per heavy atom. The van der Waals surface area contributed by atoms with E-state index in [1.54, 1.807) is 18.4 Å². The zero-order chi connectivity index (χ0) is 19.5. The summed E-state index contributed by atoms with van der Waals surface area (Å²) in [5.41, 5.74) is 5.34. The molecule has 0 unspecified atom stereocenters. The van der Waals surface area contributed by atoms with E-state index in [4.69, 9.17) is 0 Å². The van der Waals surface area contributed by atoms with E-state index in [-0.39, 0.29) is 0 Å². The van der Waals surface area contributed by atoms with Gasteiger partial charge in [-0.3, -0.25) is 9.39 Å². The molecule has 3 heterocycles. The molecule has 0 bridgehead atoms. The fraction of sp³-hybridized carbons (Fsp3) is 0.250. The average Bonchev–Trinajstić information content (AvgIpc) is 3.37. The summed E-state index contributed by atoms with van der Waals surface area (Å²) in [6.45, 7) is 5.34. The maximum Gasteiger partial charge on any atom is 0.193 e. The molecular weight excluding hydrogens is 370 g/mol. The van der Waals surface area contributed by atoms with E-state index in [9.17, 15) is 0 Å². The zero-order valence-corrected chi connectivity index (χ0v) is 17.0. The quantitative estimate of drug-likeness (QED) is 0.404. The van der Waals surface area contributed by atoms with Crippen molar-refractivity contribution >= 4 is 22.3 Å². The Bertz CT molecular complexity index is 1090. The van der Waals surface area contributed by atoms with Crippen molar-refractivity contribution < 1.29 is 0 Å². The third-order valence-electron chi connectivity index (χ3n) is 4.48. The van der Waals surface area contributed by atoms with Gasteiger partial charge in [0.15, 0.2) is 10.9 Å². The Hall–Kier alpha value is -3.13. The Labute approximate surface area is 167 Å². The summed E-state index contributed by atoms with van der Waals surface area (Å²) in [5.74, 6) is 0.736. The largest absolute Gasteiger partial charge is 0.352 e. The van der Waals surface area contributed by atoms with E-state index in [2.05, 4.69) is 50.8 Å². The summed E-state index contributed by atoms with van der Waals surface area (Å²) in [7, 11) is 1.77. The summed E-state index contributed by atoms with van der Waals surface area (Å²) >= 11 is 1.63. The molecule has 0 fully saturated rings. The first-order valence-corrected chi connectivity index (χ1v) is 9.99. The molecule has 28 heavy (non-hydrogen) atoms. The predicted octanol–water partition coefficient (Wildman–Crippen LogP) is 3.06. The van der Waals surface area contributed by atoms with Gasteiger partial charge in [-0.25, -0.2) is 9.67 Å². The normalized spacial score (nSPS) is 11.9. The highest BCUT2D eigenvalue weighted by molar-refractivity contribution is 7.15. The topological polar surface area (TPSA) is 71.5 Å². The number of aliphatic imine (C=N–C) groups is 1. The van der Waals surface area contributed by atoms with Crippen LogP contribution in [0, 0.1) is 13.8 Å². The molecule has 0 spiro atoms. The van der Waals surface area contributed by atoms with Crippen LogP contribution in [0.15, 0.2) is 53.1 Å². The molecule has 0 aliphatic rings. The lowest BCUT2D eigenvalue weighted by molar-refractivity contribution is 0.776. The maximum absolute atomic E-state index is 4.61. The lowest BCUT2D eigenvalue weighted by Gasteiger charge is -2.14. The fourth-order valence-corrected chi connectivity index (χ4v) is 3.89. The number of nitrogens with zero attached hydrogens (tertiary/aromatic N) is 5. The SMILES string of the molecule is CN=C(NCc1cn2ccsc2n1)NCc1ccccc1-n1nc(C)cc1C. The van der Waals surface area contributed by atoms with Gasteiger partial charge in [0.1, 0.15) is 0 Å². The minimum atomic E-state index is 0.618. The van der Waals surface area contributed by atoms with Crippen LogP contribution in [0.3, 0.4) is 0 Å². The fourth-order valence-electron chi connectivity index (χ4n) is 3.17. The lowest BCUT2D eigenvalue weighted by Crippen LogP contribution is -2.36. The Morgan fingerprint density at radius 2 is 2.00 bits per heavy atom. The molecule has 7 nitrogen and oxygen atoms in total. The molecule has 1 aromatic carbocycles. The van der Waals surface area contributed by atoms with Crippen LogP contribution in [-0.4, -0.2) is 32.2 Å². The molecule has 4 aromatic rings. The number of guanidine groups is 1. The monoisotopic (exact) mass is 393 g/mol. The first-order chi connectivity index (χ1) is 13.6. The van der Waals surface area contributed by atoms with Gasteiger partial charge in [-0.15, -0.1) is 11.3 Å². The van der Waals surface area contributed by atoms with Crippen molar-refractivity contribution in [2.75, 3.05) is 7.05 Å². The van der Waals surface area contributed by atoms with Crippen molar-refractivity contribution in [1.82, 2.24) is 29.8 Å². The van der Waals surface area contributed by atoms with Crippen molar-refractivity contribution in [3.63, 3.8) is 0 Å². The van der Waals surface area contributed by atoms with Crippen molar-refractivity contribution in [2.24, 2.45) is 4.99 Å². The van der Waals surface area contributed by atoms with E-state index in [0.29, 0.717) is 13.1 Å². The van der Waals surface area contributed by atoms with Crippen LogP contribution >= 0.6 is 11.3 Å². The molecule has 3 aromatic heterocycles. The number of nitrogens with one attached hydrogen (secondary N) is 2. The summed E-state index contributed by atoms with van der Waals surface area (Å²) < 4.78 is 4.02. The molecule has 0 atom stereocenters. The van der Waals surface area contributed by atoms with Crippen molar-refractivity contribution in [3.8, 4) is 5.69 Å². The van der Waals surface area contributed by atoms with E-state index >= 15 is 0 Å². The van der Waals surface area contributed by atoms with Crippen molar-refractivity contribution in [3.05, 3.63) is 70.8 Å². The second kappa shape index (κ2) is 7.85. The van der Waals surface area contributed by atoms with Crippen LogP contribution in [0.1, 0.15) is 22.6 Å². The van der Waals surface area contributed by atoms with Crippen LogP contribution in [0.2, 0.25) is 0 Å². The Balaban J connectivity index is 1.43. The number of thiazole rings is 1. The Kier molecular flexibility index (Phi) is 5.12. The molecule has 0 saturated carbocycles. The smallest absolute Gasteiger partial charge is 0.193 e. The maximum atomic E-state index is 4.61. The molecule has 0 aliphatic heterocycles. The summed E-state index contributed by atoms with van der Waals surface area (Å²) in [5, 5.41) is 13.4. The highest BCUT2D eigenvalue weighted by atomic mass is 32.1. The number of imidazole rings is 1. The Morgan fingerprint density at radius 3 is 2.75 bits per heavy atom. The number of para-hydroxylation sites is 1. The van der Waals surface area contributed by atoms with Gasteiger partial charge in [-0.2, -0.15) is 5.10 Å². The van der Waals surface area contributed by atoms with Crippen LogP contribution in [0.5, 0.6) is 0 Å². The average molecular weight is 394 g/mol. The third-order valence-corrected chi connectivity index (χ3v) is 5.25. The predicted molar refractivity (Wildman–Crippen MR) is 113 cm³/mol. The minimum Gasteiger partial charge on any atom is -0.352 e. The molecule has 0 radical (unpaired) electrons. The van der Waals surface area contributed by atoms with Crippen LogP contribution in [0.4, 0.5) is 0 Å². The number of hydrogen-bond acceptors (Lipinski definition) is 4. The van der Waals surface area contributed by atoms with Crippen LogP contribution in [-0.2, 0) is 13.1 Å². The van der Waals surface area contributed by atoms with Gasteiger partial charge >= 0.3 is 0 Å².